The monoisotopic (exact) mass is 287 g/mol. The van der Waals surface area contributed by atoms with Gasteiger partial charge in [0, 0.05) is 13.7 Å². The van der Waals surface area contributed by atoms with Crippen LogP contribution in [0.1, 0.15) is 17.2 Å². The molecular weight excluding hydrogens is 266 g/mol. The van der Waals surface area contributed by atoms with E-state index in [4.69, 9.17) is 4.74 Å². The lowest BCUT2D eigenvalue weighted by Crippen LogP contribution is -2.33. The summed E-state index contributed by atoms with van der Waals surface area (Å²) in [6, 6.07) is 17.0. The highest BCUT2D eigenvalue weighted by molar-refractivity contribution is 5.34. The molecule has 2 rings (SSSR count). The third-order valence-corrected chi connectivity index (χ3v) is 3.28. The molecule has 0 spiro atoms. The van der Waals surface area contributed by atoms with E-state index in [0.29, 0.717) is 13.2 Å². The quantitative estimate of drug-likeness (QED) is 0.729. The Morgan fingerprint density at radius 2 is 1.62 bits per heavy atom. The van der Waals surface area contributed by atoms with Gasteiger partial charge in [-0.1, -0.05) is 42.5 Å². The third kappa shape index (κ3) is 4.56. The predicted octanol–water partition coefficient (Wildman–Crippen LogP) is 2.08. The van der Waals surface area contributed by atoms with Gasteiger partial charge in [0.25, 0.3) is 0 Å². The summed E-state index contributed by atoms with van der Waals surface area (Å²) in [4.78, 5) is 0. The zero-order valence-electron chi connectivity index (χ0n) is 12.1. The first-order valence-electron chi connectivity index (χ1n) is 6.95. The Labute approximate surface area is 125 Å². The number of rotatable bonds is 7. The second-order valence-electron chi connectivity index (χ2n) is 4.95. The molecule has 0 aliphatic rings. The predicted molar refractivity (Wildman–Crippen MR) is 82.3 cm³/mol. The highest BCUT2D eigenvalue weighted by atomic mass is 16.5. The molecule has 4 nitrogen and oxygen atoms in total. The van der Waals surface area contributed by atoms with Crippen LogP contribution in [0.2, 0.25) is 0 Å². The van der Waals surface area contributed by atoms with E-state index in [9.17, 15) is 10.2 Å². The van der Waals surface area contributed by atoms with Gasteiger partial charge in [-0.3, -0.25) is 0 Å². The van der Waals surface area contributed by atoms with Crippen LogP contribution in [0.15, 0.2) is 54.6 Å². The van der Waals surface area contributed by atoms with E-state index in [-0.39, 0.29) is 11.8 Å². The maximum atomic E-state index is 9.81. The first-order chi connectivity index (χ1) is 10.2. The van der Waals surface area contributed by atoms with Crippen LogP contribution in [-0.4, -0.2) is 36.6 Å². The Bertz CT molecular complexity index is 527. The second-order valence-corrected chi connectivity index (χ2v) is 4.95. The van der Waals surface area contributed by atoms with Gasteiger partial charge in [0.1, 0.15) is 5.75 Å². The molecule has 0 fully saturated rings. The number of hydrogen-bond acceptors (Lipinski definition) is 4. The Kier molecular flexibility index (Phi) is 5.75. The molecule has 0 saturated carbocycles. The van der Waals surface area contributed by atoms with Crippen LogP contribution in [0.4, 0.5) is 0 Å². The number of methoxy groups -OCH3 is 1. The number of aromatic hydroxyl groups is 1. The van der Waals surface area contributed by atoms with Crippen molar-refractivity contribution in [3.05, 3.63) is 65.7 Å². The van der Waals surface area contributed by atoms with E-state index in [1.165, 1.54) is 0 Å². The van der Waals surface area contributed by atoms with E-state index >= 15 is 0 Å². The second kappa shape index (κ2) is 7.78. The van der Waals surface area contributed by atoms with E-state index in [2.05, 4.69) is 5.32 Å². The summed E-state index contributed by atoms with van der Waals surface area (Å²) >= 11 is 0. The molecule has 0 aromatic heterocycles. The number of benzene rings is 2. The zero-order chi connectivity index (χ0) is 15.1. The van der Waals surface area contributed by atoms with Crippen molar-refractivity contribution < 1.29 is 14.9 Å². The largest absolute Gasteiger partial charge is 0.508 e. The van der Waals surface area contributed by atoms with Crippen molar-refractivity contribution in [2.45, 2.75) is 12.1 Å². The third-order valence-electron chi connectivity index (χ3n) is 3.28. The number of aliphatic hydroxyl groups excluding tert-OH is 1. The molecule has 0 bridgehead atoms. The van der Waals surface area contributed by atoms with Gasteiger partial charge in [-0.15, -0.1) is 0 Å². The summed E-state index contributed by atoms with van der Waals surface area (Å²) in [5.41, 5.74) is 2.14. The summed E-state index contributed by atoms with van der Waals surface area (Å²) in [5, 5.41) is 22.6. The number of ether oxygens (including phenoxy) is 1. The summed E-state index contributed by atoms with van der Waals surface area (Å²) in [6.07, 6.45) is -0.557. The SMILES string of the molecule is COCC(O)CNC(c1ccccc1)c1ccc(O)cc1. The highest BCUT2D eigenvalue weighted by Crippen LogP contribution is 2.23. The lowest BCUT2D eigenvalue weighted by atomic mass is 9.98. The van der Waals surface area contributed by atoms with Gasteiger partial charge in [0.2, 0.25) is 0 Å². The normalized spacial score (nSPS) is 13.8. The van der Waals surface area contributed by atoms with Gasteiger partial charge < -0.3 is 20.3 Å². The number of phenols is 1. The van der Waals surface area contributed by atoms with Gasteiger partial charge in [0.15, 0.2) is 0 Å². The molecular formula is C17H21NO3. The Hall–Kier alpha value is -1.88. The van der Waals surface area contributed by atoms with E-state index in [1.54, 1.807) is 19.2 Å². The van der Waals surface area contributed by atoms with Crippen LogP contribution in [-0.2, 0) is 4.74 Å². The minimum absolute atomic E-state index is 0.0432. The maximum Gasteiger partial charge on any atom is 0.115 e. The fraction of sp³-hybridized carbons (Fsp3) is 0.294. The van der Waals surface area contributed by atoms with Crippen LogP contribution < -0.4 is 5.32 Å². The molecule has 3 N–H and O–H groups in total. The number of phenolic OH excluding ortho intramolecular Hbond substituents is 1. The lowest BCUT2D eigenvalue weighted by molar-refractivity contribution is 0.0634. The van der Waals surface area contributed by atoms with Crippen molar-refractivity contribution in [3.63, 3.8) is 0 Å². The van der Waals surface area contributed by atoms with Crippen LogP contribution in [0.5, 0.6) is 5.75 Å². The minimum Gasteiger partial charge on any atom is -0.508 e. The maximum absolute atomic E-state index is 9.81. The van der Waals surface area contributed by atoms with Gasteiger partial charge >= 0.3 is 0 Å². The number of hydrogen-bond donors (Lipinski definition) is 3. The van der Waals surface area contributed by atoms with Crippen molar-refractivity contribution in [3.8, 4) is 5.75 Å². The van der Waals surface area contributed by atoms with Gasteiger partial charge in [-0.05, 0) is 23.3 Å². The summed E-state index contributed by atoms with van der Waals surface area (Å²) in [6.45, 7) is 0.721. The van der Waals surface area contributed by atoms with Crippen LogP contribution in [0.25, 0.3) is 0 Å². The molecule has 0 radical (unpaired) electrons. The molecule has 2 aromatic rings. The van der Waals surface area contributed by atoms with Gasteiger partial charge in [-0.2, -0.15) is 0 Å². The standard InChI is InChI=1S/C17H21NO3/c1-21-12-16(20)11-18-17(13-5-3-2-4-6-13)14-7-9-15(19)10-8-14/h2-10,16-20H,11-12H2,1H3. The molecule has 2 unspecified atom stereocenters. The Morgan fingerprint density at radius 3 is 2.24 bits per heavy atom. The fourth-order valence-corrected chi connectivity index (χ4v) is 2.25. The van der Waals surface area contributed by atoms with E-state index in [0.717, 1.165) is 11.1 Å². The lowest BCUT2D eigenvalue weighted by Gasteiger charge is -2.21. The molecule has 4 heteroatoms. The summed E-state index contributed by atoms with van der Waals surface area (Å²) < 4.78 is 4.94. The average Bonchev–Trinajstić information content (AvgIpc) is 2.50. The first kappa shape index (κ1) is 15.5. The van der Waals surface area contributed by atoms with Crippen molar-refractivity contribution in [1.29, 1.82) is 0 Å². The van der Waals surface area contributed by atoms with Crippen molar-refractivity contribution in [2.24, 2.45) is 0 Å². The molecule has 2 atom stereocenters. The van der Waals surface area contributed by atoms with Crippen LogP contribution in [0.3, 0.4) is 0 Å². The minimum atomic E-state index is -0.557. The topological polar surface area (TPSA) is 61.7 Å². The van der Waals surface area contributed by atoms with E-state index in [1.807, 2.05) is 42.5 Å². The molecule has 112 valence electrons. The number of nitrogens with one attached hydrogen (secondary N) is 1. The molecule has 0 amide bonds. The molecule has 0 saturated heterocycles. The van der Waals surface area contributed by atoms with E-state index < -0.39 is 6.10 Å². The summed E-state index contributed by atoms with van der Waals surface area (Å²) in [5.74, 6) is 0.241. The van der Waals surface area contributed by atoms with Crippen LogP contribution in [0, 0.1) is 0 Å². The Morgan fingerprint density at radius 1 is 1.00 bits per heavy atom. The van der Waals surface area contributed by atoms with Crippen LogP contribution >= 0.6 is 0 Å². The molecule has 0 aliphatic carbocycles. The molecule has 0 aliphatic heterocycles. The number of aliphatic hydroxyl groups is 1. The molecule has 0 heterocycles. The molecule has 21 heavy (non-hydrogen) atoms. The van der Waals surface area contributed by atoms with Gasteiger partial charge in [-0.25, -0.2) is 0 Å². The first-order valence-corrected chi connectivity index (χ1v) is 6.95. The van der Waals surface area contributed by atoms with Crippen molar-refractivity contribution >= 4 is 0 Å². The van der Waals surface area contributed by atoms with Crippen molar-refractivity contribution in [2.75, 3.05) is 20.3 Å². The zero-order valence-corrected chi connectivity index (χ0v) is 12.1. The fourth-order valence-electron chi connectivity index (χ4n) is 2.25. The smallest absolute Gasteiger partial charge is 0.115 e. The summed E-state index contributed by atoms with van der Waals surface area (Å²) in [7, 11) is 1.57. The molecule has 2 aromatic carbocycles. The van der Waals surface area contributed by atoms with Crippen molar-refractivity contribution in [1.82, 2.24) is 5.32 Å². The van der Waals surface area contributed by atoms with Gasteiger partial charge in [0.05, 0.1) is 18.8 Å². The Balaban J connectivity index is 2.16. The average molecular weight is 287 g/mol. The highest BCUT2D eigenvalue weighted by Gasteiger charge is 2.15.